The summed E-state index contributed by atoms with van der Waals surface area (Å²) in [7, 11) is 0. The monoisotopic (exact) mass is 220 g/mol. The second-order valence-electron chi connectivity index (χ2n) is 3.46. The van der Waals surface area contributed by atoms with Crippen molar-refractivity contribution in [2.45, 2.75) is 53.9 Å². The Morgan fingerprint density at radius 2 is 1.69 bits per heavy atom. The molecule has 0 amide bonds. The van der Waals surface area contributed by atoms with Gasteiger partial charge in [0.15, 0.2) is 0 Å². The number of nitrogens with zero attached hydrogens (tertiary/aromatic N) is 2. The normalized spacial score (nSPS) is 8.88. The Morgan fingerprint density at radius 1 is 1.19 bits per heavy atom. The van der Waals surface area contributed by atoms with E-state index in [2.05, 4.69) is 11.1 Å². The van der Waals surface area contributed by atoms with Crippen LogP contribution in [0.2, 0.25) is 0 Å². The Bertz CT molecular complexity index is 322. The van der Waals surface area contributed by atoms with Crippen LogP contribution in [0.3, 0.4) is 0 Å². The molecule has 2 nitrogen and oxygen atoms in total. The summed E-state index contributed by atoms with van der Waals surface area (Å²) in [5, 5.41) is 8.85. The Kier molecular flexibility index (Phi) is 9.49. The van der Waals surface area contributed by atoms with Gasteiger partial charge in [-0.1, -0.05) is 27.7 Å². The fourth-order valence-corrected chi connectivity index (χ4v) is 0.935. The minimum Gasteiger partial charge on any atom is -0.260 e. The van der Waals surface area contributed by atoms with E-state index in [0.29, 0.717) is 0 Å². The Morgan fingerprint density at radius 3 is 2.06 bits per heavy atom. The Balaban J connectivity index is 0. The summed E-state index contributed by atoms with van der Waals surface area (Å²) in [5.74, 6) is 0. The minimum atomic E-state index is -0.480. The van der Waals surface area contributed by atoms with Crippen molar-refractivity contribution in [2.24, 2.45) is 0 Å². The molecule has 0 atom stereocenters. The van der Waals surface area contributed by atoms with Gasteiger partial charge in [0.2, 0.25) is 0 Å². The van der Waals surface area contributed by atoms with E-state index in [1.165, 1.54) is 0 Å². The number of hydrogen-bond acceptors (Lipinski definition) is 2. The van der Waals surface area contributed by atoms with Gasteiger partial charge >= 0.3 is 0 Å². The van der Waals surface area contributed by atoms with Crippen LogP contribution in [0.4, 0.5) is 0 Å². The van der Waals surface area contributed by atoms with E-state index < -0.39 is 5.41 Å². The lowest BCUT2D eigenvalue weighted by Crippen LogP contribution is -2.15. The van der Waals surface area contributed by atoms with Gasteiger partial charge in [0.25, 0.3) is 0 Å². The fraction of sp³-hybridized carbons (Fsp3) is 0.571. The van der Waals surface area contributed by atoms with E-state index in [4.69, 9.17) is 5.26 Å². The molecule has 0 N–H and O–H groups in total. The molecule has 1 aromatic rings. The Hall–Kier alpha value is -1.36. The maximum atomic E-state index is 8.85. The van der Waals surface area contributed by atoms with Gasteiger partial charge in [-0.2, -0.15) is 5.26 Å². The molecular formula is C14H24N2. The van der Waals surface area contributed by atoms with Crippen molar-refractivity contribution in [3.63, 3.8) is 0 Å². The number of rotatable bonds is 1. The zero-order chi connectivity index (χ0) is 13.2. The van der Waals surface area contributed by atoms with Gasteiger partial charge in [0.05, 0.1) is 17.2 Å². The summed E-state index contributed by atoms with van der Waals surface area (Å²) in [6, 6.07) is 6.10. The smallest absolute Gasteiger partial charge is 0.0937 e. The van der Waals surface area contributed by atoms with Gasteiger partial charge in [0.1, 0.15) is 0 Å². The van der Waals surface area contributed by atoms with Crippen LogP contribution in [0.1, 0.15) is 52.8 Å². The van der Waals surface area contributed by atoms with Gasteiger partial charge in [0, 0.05) is 6.20 Å². The molecule has 0 aliphatic carbocycles. The molecule has 0 saturated carbocycles. The lowest BCUT2D eigenvalue weighted by atomic mass is 9.90. The van der Waals surface area contributed by atoms with Crippen LogP contribution in [0.5, 0.6) is 0 Å². The molecule has 1 rings (SSSR count). The molecule has 1 aromatic heterocycles. The third-order valence-corrected chi connectivity index (χ3v) is 1.84. The highest BCUT2D eigenvalue weighted by atomic mass is 14.7. The third-order valence-electron chi connectivity index (χ3n) is 1.84. The molecule has 0 unspecified atom stereocenters. The second kappa shape index (κ2) is 8.91. The molecular weight excluding hydrogens is 196 g/mol. The van der Waals surface area contributed by atoms with Crippen LogP contribution in [0.25, 0.3) is 0 Å². The first-order valence-corrected chi connectivity index (χ1v) is 5.90. The maximum Gasteiger partial charge on any atom is 0.0937 e. The van der Waals surface area contributed by atoms with Crippen molar-refractivity contribution in [3.05, 3.63) is 29.6 Å². The summed E-state index contributed by atoms with van der Waals surface area (Å²) < 4.78 is 0. The SMILES string of the molecule is CC.CC.Cc1ccnc(C(C)(C)C#N)c1. The zero-order valence-corrected chi connectivity index (χ0v) is 11.6. The zero-order valence-electron chi connectivity index (χ0n) is 11.6. The molecule has 0 aromatic carbocycles. The molecule has 0 fully saturated rings. The summed E-state index contributed by atoms with van der Waals surface area (Å²) in [6.45, 7) is 13.7. The highest BCUT2D eigenvalue weighted by Gasteiger charge is 2.20. The van der Waals surface area contributed by atoms with Crippen molar-refractivity contribution in [2.75, 3.05) is 0 Å². The minimum absolute atomic E-state index is 0.480. The summed E-state index contributed by atoms with van der Waals surface area (Å²) in [4.78, 5) is 4.16. The first kappa shape index (κ1) is 17.0. The maximum absolute atomic E-state index is 8.85. The average molecular weight is 220 g/mol. The van der Waals surface area contributed by atoms with Crippen LogP contribution >= 0.6 is 0 Å². The van der Waals surface area contributed by atoms with Crippen LogP contribution in [-0.4, -0.2) is 4.98 Å². The summed E-state index contributed by atoms with van der Waals surface area (Å²) in [5.41, 5.74) is 1.50. The number of pyridine rings is 1. The van der Waals surface area contributed by atoms with E-state index in [-0.39, 0.29) is 0 Å². The Labute approximate surface area is 100 Å². The van der Waals surface area contributed by atoms with E-state index in [1.54, 1.807) is 6.20 Å². The van der Waals surface area contributed by atoms with Crippen molar-refractivity contribution in [1.82, 2.24) is 4.98 Å². The van der Waals surface area contributed by atoms with Crippen molar-refractivity contribution in [3.8, 4) is 6.07 Å². The average Bonchev–Trinajstić information content (AvgIpc) is 2.34. The van der Waals surface area contributed by atoms with Crippen LogP contribution in [0, 0.1) is 18.3 Å². The molecule has 16 heavy (non-hydrogen) atoms. The lowest BCUT2D eigenvalue weighted by Gasteiger charge is -2.14. The molecule has 0 bridgehead atoms. The topological polar surface area (TPSA) is 36.7 Å². The van der Waals surface area contributed by atoms with Gasteiger partial charge in [-0.15, -0.1) is 0 Å². The van der Waals surface area contributed by atoms with Crippen LogP contribution in [0.15, 0.2) is 18.3 Å². The largest absolute Gasteiger partial charge is 0.260 e. The molecule has 0 radical (unpaired) electrons. The molecule has 0 aliphatic heterocycles. The van der Waals surface area contributed by atoms with E-state index in [9.17, 15) is 0 Å². The number of aryl methyl sites for hydroxylation is 1. The lowest BCUT2D eigenvalue weighted by molar-refractivity contribution is 0.658. The fourth-order valence-electron chi connectivity index (χ4n) is 0.935. The van der Waals surface area contributed by atoms with Crippen LogP contribution in [-0.2, 0) is 5.41 Å². The van der Waals surface area contributed by atoms with E-state index >= 15 is 0 Å². The van der Waals surface area contributed by atoms with Crippen molar-refractivity contribution < 1.29 is 0 Å². The molecule has 0 spiro atoms. The van der Waals surface area contributed by atoms with E-state index in [0.717, 1.165) is 11.3 Å². The second-order valence-corrected chi connectivity index (χ2v) is 3.46. The van der Waals surface area contributed by atoms with Crippen LogP contribution < -0.4 is 0 Å². The third kappa shape index (κ3) is 5.50. The van der Waals surface area contributed by atoms with Gasteiger partial charge < -0.3 is 0 Å². The highest BCUT2D eigenvalue weighted by molar-refractivity contribution is 5.26. The van der Waals surface area contributed by atoms with Gasteiger partial charge in [-0.05, 0) is 38.5 Å². The molecule has 2 heteroatoms. The molecule has 1 heterocycles. The number of aromatic nitrogens is 1. The van der Waals surface area contributed by atoms with Gasteiger partial charge in [-0.25, -0.2) is 0 Å². The standard InChI is InChI=1S/C10H12N2.2C2H6/c1-8-4-5-12-9(6-8)10(2,3)7-11;2*1-2/h4-6H,1-3H3;2*1-2H3. The summed E-state index contributed by atoms with van der Waals surface area (Å²) >= 11 is 0. The van der Waals surface area contributed by atoms with Crippen molar-refractivity contribution in [1.29, 1.82) is 5.26 Å². The van der Waals surface area contributed by atoms with Crippen molar-refractivity contribution >= 4 is 0 Å². The predicted octanol–water partition coefficient (Wildman–Crippen LogP) is 4.24. The number of nitriles is 1. The number of hydrogen-bond donors (Lipinski definition) is 0. The quantitative estimate of drug-likeness (QED) is 0.709. The first-order chi connectivity index (χ1) is 7.56. The molecule has 90 valence electrons. The predicted molar refractivity (Wildman–Crippen MR) is 70.3 cm³/mol. The molecule has 0 aliphatic rings. The van der Waals surface area contributed by atoms with Gasteiger partial charge in [-0.3, -0.25) is 4.98 Å². The first-order valence-electron chi connectivity index (χ1n) is 5.90. The highest BCUT2D eigenvalue weighted by Crippen LogP contribution is 2.19. The molecule has 0 saturated heterocycles. The summed E-state index contributed by atoms with van der Waals surface area (Å²) in [6.07, 6.45) is 1.74. The van der Waals surface area contributed by atoms with E-state index in [1.807, 2.05) is 60.6 Å².